The first kappa shape index (κ1) is 15.5. The van der Waals surface area contributed by atoms with E-state index >= 15 is 0 Å². The van der Waals surface area contributed by atoms with Crippen molar-refractivity contribution in [2.45, 2.75) is 19.4 Å². The Morgan fingerprint density at radius 3 is 2.65 bits per heavy atom. The predicted molar refractivity (Wildman–Crippen MR) is 68.8 cm³/mol. The van der Waals surface area contributed by atoms with Crippen molar-refractivity contribution >= 4 is 17.9 Å². The fourth-order valence-corrected chi connectivity index (χ4v) is 1.63. The lowest BCUT2D eigenvalue weighted by atomic mass is 10.2. The third-order valence-electron chi connectivity index (χ3n) is 2.42. The maximum Gasteiger partial charge on any atom is 0.323 e. The summed E-state index contributed by atoms with van der Waals surface area (Å²) in [4.78, 5) is 34.2. The molecule has 0 radical (unpaired) electrons. The van der Waals surface area contributed by atoms with E-state index in [0.717, 1.165) is 4.90 Å². The molecular weight excluding hydrogens is 266 g/mol. The number of carboxylic acids is 1. The van der Waals surface area contributed by atoms with Crippen molar-refractivity contribution in [1.29, 1.82) is 0 Å². The van der Waals surface area contributed by atoms with Crippen molar-refractivity contribution in [3.63, 3.8) is 0 Å². The topological polar surface area (TPSA) is 126 Å². The van der Waals surface area contributed by atoms with Crippen LogP contribution >= 0.6 is 0 Å². The average molecular weight is 283 g/mol. The Morgan fingerprint density at radius 2 is 2.15 bits per heavy atom. The van der Waals surface area contributed by atoms with Crippen LogP contribution in [-0.2, 0) is 16.0 Å². The molecule has 0 saturated carbocycles. The van der Waals surface area contributed by atoms with Crippen LogP contribution in [-0.4, -0.2) is 47.0 Å². The van der Waals surface area contributed by atoms with Crippen molar-refractivity contribution in [2.75, 3.05) is 13.1 Å². The summed E-state index contributed by atoms with van der Waals surface area (Å²) in [6.45, 7) is 0.692. The minimum Gasteiger partial charge on any atom is -0.480 e. The molecule has 0 aliphatic heterocycles. The van der Waals surface area contributed by atoms with Crippen molar-refractivity contribution in [1.82, 2.24) is 10.2 Å². The first-order valence-corrected chi connectivity index (χ1v) is 5.96. The molecule has 0 fully saturated rings. The van der Waals surface area contributed by atoms with E-state index in [-0.39, 0.29) is 6.04 Å². The second kappa shape index (κ2) is 7.17. The summed E-state index contributed by atoms with van der Waals surface area (Å²) in [5.74, 6) is -1.31. The average Bonchev–Trinajstić information content (AvgIpc) is 2.79. The lowest BCUT2D eigenvalue weighted by Gasteiger charge is -2.22. The molecule has 1 atom stereocenters. The predicted octanol–water partition coefficient (Wildman–Crippen LogP) is -0.208. The van der Waals surface area contributed by atoms with Gasteiger partial charge in [-0.15, -0.1) is 0 Å². The molecule has 110 valence electrons. The van der Waals surface area contributed by atoms with Gasteiger partial charge in [-0.25, -0.2) is 4.79 Å². The van der Waals surface area contributed by atoms with Gasteiger partial charge in [0, 0.05) is 12.5 Å². The molecule has 0 spiro atoms. The van der Waals surface area contributed by atoms with Crippen molar-refractivity contribution in [2.24, 2.45) is 5.73 Å². The molecule has 0 bridgehead atoms. The molecule has 3 amide bonds. The quantitative estimate of drug-likeness (QED) is 0.638. The molecule has 0 aliphatic carbocycles. The summed E-state index contributed by atoms with van der Waals surface area (Å²) in [6, 6.07) is 2.55. The van der Waals surface area contributed by atoms with Crippen molar-refractivity contribution in [3.05, 3.63) is 24.2 Å². The highest BCUT2D eigenvalue weighted by molar-refractivity contribution is 5.86. The molecule has 1 rings (SSSR count). The summed E-state index contributed by atoms with van der Waals surface area (Å²) in [7, 11) is 0. The largest absolute Gasteiger partial charge is 0.480 e. The number of furan rings is 1. The fraction of sp³-hybridized carbons (Fsp3) is 0.417. The maximum atomic E-state index is 11.9. The number of rotatable bonds is 7. The minimum atomic E-state index is -1.22. The lowest BCUT2D eigenvalue weighted by molar-refractivity contribution is -0.137. The normalized spacial score (nSPS) is 11.7. The molecule has 1 heterocycles. The molecule has 1 aromatic rings. The van der Waals surface area contributed by atoms with E-state index in [4.69, 9.17) is 15.3 Å². The van der Waals surface area contributed by atoms with E-state index in [1.165, 1.54) is 6.26 Å². The monoisotopic (exact) mass is 283 g/mol. The Labute approximate surface area is 115 Å². The zero-order valence-corrected chi connectivity index (χ0v) is 11.0. The van der Waals surface area contributed by atoms with E-state index in [9.17, 15) is 14.4 Å². The fourth-order valence-electron chi connectivity index (χ4n) is 1.63. The molecule has 8 heteroatoms. The van der Waals surface area contributed by atoms with Gasteiger partial charge < -0.3 is 25.5 Å². The molecule has 0 aliphatic rings. The molecule has 0 saturated heterocycles. The Hall–Kier alpha value is -2.51. The molecule has 0 aromatic carbocycles. The highest BCUT2D eigenvalue weighted by Crippen LogP contribution is 2.04. The standard InChI is InChI=1S/C12H17N3O5/c1-8(5-9-3-2-4-20-9)14-12(19)15(6-10(13)16)7-11(17)18/h2-4,8H,5-7H2,1H3,(H2,13,16)(H,14,19)(H,17,18). The molecule has 8 nitrogen and oxygen atoms in total. The van der Waals surface area contributed by atoms with Crippen molar-refractivity contribution in [3.8, 4) is 0 Å². The zero-order chi connectivity index (χ0) is 15.1. The van der Waals surface area contributed by atoms with Crippen LogP contribution in [0.25, 0.3) is 0 Å². The number of nitrogens with two attached hydrogens (primary N) is 1. The van der Waals surface area contributed by atoms with Crippen LogP contribution in [0.15, 0.2) is 22.8 Å². The molecule has 20 heavy (non-hydrogen) atoms. The summed E-state index contributed by atoms with van der Waals surface area (Å²) in [6.07, 6.45) is 1.98. The van der Waals surface area contributed by atoms with Crippen molar-refractivity contribution < 1.29 is 23.9 Å². The van der Waals surface area contributed by atoms with Crippen LogP contribution in [0, 0.1) is 0 Å². The Balaban J connectivity index is 2.55. The number of nitrogens with zero attached hydrogens (tertiary/aromatic N) is 1. The second-order valence-corrected chi connectivity index (χ2v) is 4.35. The van der Waals surface area contributed by atoms with Crippen LogP contribution in [0.2, 0.25) is 0 Å². The SMILES string of the molecule is CC(Cc1ccco1)NC(=O)N(CC(N)=O)CC(=O)O. The maximum absolute atomic E-state index is 11.9. The first-order chi connectivity index (χ1) is 9.38. The molecule has 1 unspecified atom stereocenters. The number of hydrogen-bond donors (Lipinski definition) is 3. The number of carboxylic acid groups (broad SMARTS) is 1. The van der Waals surface area contributed by atoms with E-state index < -0.39 is 31.0 Å². The van der Waals surface area contributed by atoms with Gasteiger partial charge in [0.05, 0.1) is 6.26 Å². The smallest absolute Gasteiger partial charge is 0.323 e. The van der Waals surface area contributed by atoms with Gasteiger partial charge in [0.1, 0.15) is 18.8 Å². The van der Waals surface area contributed by atoms with Gasteiger partial charge in [0.15, 0.2) is 0 Å². The summed E-state index contributed by atoms with van der Waals surface area (Å²) in [5.41, 5.74) is 4.98. The van der Waals surface area contributed by atoms with Gasteiger partial charge in [0.2, 0.25) is 5.91 Å². The van der Waals surface area contributed by atoms with E-state index in [1.54, 1.807) is 19.1 Å². The highest BCUT2D eigenvalue weighted by atomic mass is 16.4. The number of hydrogen-bond acceptors (Lipinski definition) is 4. The third-order valence-corrected chi connectivity index (χ3v) is 2.42. The number of aliphatic carboxylic acids is 1. The summed E-state index contributed by atoms with van der Waals surface area (Å²) < 4.78 is 5.14. The Bertz CT molecular complexity index is 455. The minimum absolute atomic E-state index is 0.280. The van der Waals surface area contributed by atoms with Gasteiger partial charge in [-0.1, -0.05) is 0 Å². The highest BCUT2D eigenvalue weighted by Gasteiger charge is 2.20. The van der Waals surface area contributed by atoms with Crippen LogP contribution < -0.4 is 11.1 Å². The van der Waals surface area contributed by atoms with Gasteiger partial charge in [-0.3, -0.25) is 9.59 Å². The first-order valence-electron chi connectivity index (χ1n) is 5.96. The number of carbonyl (C=O) groups is 3. The Morgan fingerprint density at radius 1 is 1.45 bits per heavy atom. The number of urea groups is 1. The number of primary amides is 1. The molecular formula is C12H17N3O5. The number of amides is 3. The van der Waals surface area contributed by atoms with E-state index in [2.05, 4.69) is 5.32 Å². The molecule has 1 aromatic heterocycles. The van der Waals surface area contributed by atoms with Crippen LogP contribution in [0.3, 0.4) is 0 Å². The molecule has 4 N–H and O–H groups in total. The number of nitrogens with one attached hydrogen (secondary N) is 1. The zero-order valence-electron chi connectivity index (χ0n) is 11.0. The second-order valence-electron chi connectivity index (χ2n) is 4.35. The Kier molecular flexibility index (Phi) is 5.57. The lowest BCUT2D eigenvalue weighted by Crippen LogP contribution is -2.49. The third kappa shape index (κ3) is 5.42. The van der Waals surface area contributed by atoms with Gasteiger partial charge in [0.25, 0.3) is 0 Å². The van der Waals surface area contributed by atoms with E-state index in [1.807, 2.05) is 0 Å². The summed E-state index contributed by atoms with van der Waals surface area (Å²) >= 11 is 0. The van der Waals surface area contributed by atoms with Gasteiger partial charge in [-0.05, 0) is 19.1 Å². The van der Waals surface area contributed by atoms with Crippen LogP contribution in [0.1, 0.15) is 12.7 Å². The van der Waals surface area contributed by atoms with Gasteiger partial charge in [-0.2, -0.15) is 0 Å². The summed E-state index contributed by atoms with van der Waals surface area (Å²) in [5, 5.41) is 11.3. The number of carbonyl (C=O) groups excluding carboxylic acids is 2. The van der Waals surface area contributed by atoms with E-state index in [0.29, 0.717) is 12.2 Å². The van der Waals surface area contributed by atoms with Crippen LogP contribution in [0.4, 0.5) is 4.79 Å². The van der Waals surface area contributed by atoms with Gasteiger partial charge >= 0.3 is 12.0 Å². The van der Waals surface area contributed by atoms with Crippen LogP contribution in [0.5, 0.6) is 0 Å².